The van der Waals surface area contributed by atoms with Crippen LogP contribution in [-0.4, -0.2) is 17.0 Å². The van der Waals surface area contributed by atoms with Gasteiger partial charge in [0.25, 0.3) is 0 Å². The monoisotopic (exact) mass is 392 g/mol. The Hall–Kier alpha value is -2.92. The molecule has 0 spiro atoms. The maximum atomic E-state index is 13.7. The van der Waals surface area contributed by atoms with E-state index in [0.29, 0.717) is 6.54 Å². The standard InChI is InChI=1S/C23H21FN2OS/c1-16(17-6-3-2-4-7-17)14-25-23(27)15-26-20-10-9-19(24)12-18(20)13-21(26)22-8-5-11-28-22/h2-13,16H,14-15H2,1H3,(H,25,27). The van der Waals surface area contributed by atoms with Crippen molar-refractivity contribution in [2.75, 3.05) is 6.54 Å². The molecule has 0 bridgehead atoms. The van der Waals surface area contributed by atoms with E-state index in [2.05, 4.69) is 24.4 Å². The number of carbonyl (C=O) groups excluding carboxylic acids is 1. The number of benzene rings is 2. The fourth-order valence-electron chi connectivity index (χ4n) is 3.41. The number of fused-ring (bicyclic) bond motifs is 1. The van der Waals surface area contributed by atoms with Gasteiger partial charge in [0.05, 0.1) is 10.6 Å². The fourth-order valence-corrected chi connectivity index (χ4v) is 4.16. The SMILES string of the molecule is CC(CNC(=O)Cn1c(-c2cccs2)cc2cc(F)ccc21)c1ccccc1. The molecular formula is C23H21FN2OS. The second kappa shape index (κ2) is 7.98. The van der Waals surface area contributed by atoms with Crippen molar-refractivity contribution in [2.24, 2.45) is 0 Å². The molecule has 0 aliphatic carbocycles. The summed E-state index contributed by atoms with van der Waals surface area (Å²) in [5.74, 6) is -0.0941. The first kappa shape index (κ1) is 18.4. The summed E-state index contributed by atoms with van der Waals surface area (Å²) in [6.07, 6.45) is 0. The molecule has 4 aromatic rings. The van der Waals surface area contributed by atoms with Gasteiger partial charge in [-0.25, -0.2) is 4.39 Å². The Kier molecular flexibility index (Phi) is 5.26. The van der Waals surface area contributed by atoms with Gasteiger partial charge in [0.1, 0.15) is 12.4 Å². The fraction of sp³-hybridized carbons (Fsp3) is 0.174. The van der Waals surface area contributed by atoms with Crippen LogP contribution < -0.4 is 5.32 Å². The number of aromatic nitrogens is 1. The molecule has 0 radical (unpaired) electrons. The third-order valence-corrected chi connectivity index (χ3v) is 5.81. The molecule has 1 unspecified atom stereocenters. The predicted molar refractivity (Wildman–Crippen MR) is 113 cm³/mol. The Bertz CT molecular complexity index is 1090. The molecule has 1 atom stereocenters. The third-order valence-electron chi connectivity index (χ3n) is 4.91. The van der Waals surface area contributed by atoms with Crippen molar-refractivity contribution in [1.82, 2.24) is 9.88 Å². The van der Waals surface area contributed by atoms with Gasteiger partial charge >= 0.3 is 0 Å². The van der Waals surface area contributed by atoms with Crippen LogP contribution in [0.15, 0.2) is 72.1 Å². The quantitative estimate of drug-likeness (QED) is 0.466. The lowest BCUT2D eigenvalue weighted by molar-refractivity contribution is -0.121. The Labute approximate surface area is 167 Å². The van der Waals surface area contributed by atoms with Gasteiger partial charge < -0.3 is 9.88 Å². The average molecular weight is 392 g/mol. The summed E-state index contributed by atoms with van der Waals surface area (Å²) in [6, 6.07) is 20.8. The first-order valence-electron chi connectivity index (χ1n) is 9.26. The summed E-state index contributed by atoms with van der Waals surface area (Å²) in [5, 5.41) is 5.84. The van der Waals surface area contributed by atoms with Gasteiger partial charge in [-0.15, -0.1) is 11.3 Å². The molecule has 142 valence electrons. The van der Waals surface area contributed by atoms with Crippen LogP contribution in [0.1, 0.15) is 18.4 Å². The highest BCUT2D eigenvalue weighted by atomic mass is 32.1. The van der Waals surface area contributed by atoms with Crippen LogP contribution in [0.2, 0.25) is 0 Å². The molecule has 1 amide bonds. The van der Waals surface area contributed by atoms with E-state index in [9.17, 15) is 9.18 Å². The number of hydrogen-bond donors (Lipinski definition) is 1. The number of rotatable bonds is 6. The molecule has 0 saturated heterocycles. The zero-order chi connectivity index (χ0) is 19.5. The zero-order valence-corrected chi connectivity index (χ0v) is 16.4. The van der Waals surface area contributed by atoms with Crippen molar-refractivity contribution < 1.29 is 9.18 Å². The van der Waals surface area contributed by atoms with Crippen LogP contribution in [0.5, 0.6) is 0 Å². The number of amides is 1. The smallest absolute Gasteiger partial charge is 0.239 e. The van der Waals surface area contributed by atoms with E-state index in [1.54, 1.807) is 17.4 Å². The van der Waals surface area contributed by atoms with E-state index in [0.717, 1.165) is 21.5 Å². The van der Waals surface area contributed by atoms with Gasteiger partial charge in [-0.05, 0) is 47.2 Å². The molecule has 1 N–H and O–H groups in total. The van der Waals surface area contributed by atoms with Crippen molar-refractivity contribution >= 4 is 28.1 Å². The molecule has 2 aromatic carbocycles. The Morgan fingerprint density at radius 1 is 1.11 bits per heavy atom. The first-order valence-corrected chi connectivity index (χ1v) is 10.1. The molecule has 4 rings (SSSR count). The summed E-state index contributed by atoms with van der Waals surface area (Å²) >= 11 is 1.61. The van der Waals surface area contributed by atoms with Crippen LogP contribution in [0.25, 0.3) is 21.5 Å². The van der Waals surface area contributed by atoms with Crippen LogP contribution in [-0.2, 0) is 11.3 Å². The van der Waals surface area contributed by atoms with Gasteiger partial charge in [0.15, 0.2) is 0 Å². The van der Waals surface area contributed by atoms with Gasteiger partial charge in [0.2, 0.25) is 5.91 Å². The van der Waals surface area contributed by atoms with Crippen molar-refractivity contribution in [3.63, 3.8) is 0 Å². The average Bonchev–Trinajstić information content (AvgIpc) is 3.35. The van der Waals surface area contributed by atoms with Crippen LogP contribution in [0, 0.1) is 5.82 Å². The normalized spacial score (nSPS) is 12.2. The molecular weight excluding hydrogens is 371 g/mol. The lowest BCUT2D eigenvalue weighted by atomic mass is 10.0. The minimum Gasteiger partial charge on any atom is -0.354 e. The van der Waals surface area contributed by atoms with Crippen molar-refractivity contribution in [3.05, 3.63) is 83.5 Å². The molecule has 2 aromatic heterocycles. The molecule has 0 fully saturated rings. The van der Waals surface area contributed by atoms with Crippen molar-refractivity contribution in [2.45, 2.75) is 19.4 Å². The minimum atomic E-state index is -0.275. The Morgan fingerprint density at radius 2 is 1.93 bits per heavy atom. The lowest BCUT2D eigenvalue weighted by Gasteiger charge is -2.15. The summed E-state index contributed by atoms with van der Waals surface area (Å²) < 4.78 is 15.6. The Morgan fingerprint density at radius 3 is 2.68 bits per heavy atom. The molecule has 0 aliphatic rings. The molecule has 2 heterocycles. The van der Waals surface area contributed by atoms with Crippen LogP contribution in [0.3, 0.4) is 0 Å². The Balaban J connectivity index is 1.55. The van der Waals surface area contributed by atoms with E-state index < -0.39 is 0 Å². The number of halogens is 1. The number of hydrogen-bond acceptors (Lipinski definition) is 2. The predicted octanol–water partition coefficient (Wildman–Crippen LogP) is 5.43. The summed E-state index contributed by atoms with van der Waals surface area (Å²) in [6.45, 7) is 2.87. The van der Waals surface area contributed by atoms with Gasteiger partial charge in [-0.1, -0.05) is 43.3 Å². The lowest BCUT2D eigenvalue weighted by Crippen LogP contribution is -2.30. The van der Waals surface area contributed by atoms with E-state index in [1.165, 1.54) is 17.7 Å². The van der Waals surface area contributed by atoms with Crippen molar-refractivity contribution in [1.29, 1.82) is 0 Å². The third kappa shape index (κ3) is 3.85. The maximum Gasteiger partial charge on any atom is 0.239 e. The molecule has 0 saturated carbocycles. The maximum absolute atomic E-state index is 13.7. The highest BCUT2D eigenvalue weighted by Crippen LogP contribution is 2.31. The number of carbonyl (C=O) groups is 1. The topological polar surface area (TPSA) is 34.0 Å². The van der Waals surface area contributed by atoms with Gasteiger partial charge in [0, 0.05) is 17.4 Å². The summed E-state index contributed by atoms with van der Waals surface area (Å²) in [7, 11) is 0. The van der Waals surface area contributed by atoms with Gasteiger partial charge in [-0.2, -0.15) is 0 Å². The molecule has 28 heavy (non-hydrogen) atoms. The zero-order valence-electron chi connectivity index (χ0n) is 15.6. The highest BCUT2D eigenvalue weighted by molar-refractivity contribution is 7.13. The molecule has 3 nitrogen and oxygen atoms in total. The summed E-state index contributed by atoms with van der Waals surface area (Å²) in [5.41, 5.74) is 2.99. The first-order chi connectivity index (χ1) is 13.6. The van der Waals surface area contributed by atoms with E-state index in [1.807, 2.05) is 46.3 Å². The largest absolute Gasteiger partial charge is 0.354 e. The summed E-state index contributed by atoms with van der Waals surface area (Å²) in [4.78, 5) is 13.7. The van der Waals surface area contributed by atoms with Gasteiger partial charge in [-0.3, -0.25) is 4.79 Å². The second-order valence-electron chi connectivity index (χ2n) is 6.91. The van der Waals surface area contributed by atoms with E-state index in [-0.39, 0.29) is 24.2 Å². The number of nitrogens with one attached hydrogen (secondary N) is 1. The van der Waals surface area contributed by atoms with E-state index >= 15 is 0 Å². The van der Waals surface area contributed by atoms with Crippen LogP contribution in [0.4, 0.5) is 4.39 Å². The highest BCUT2D eigenvalue weighted by Gasteiger charge is 2.15. The van der Waals surface area contributed by atoms with Crippen LogP contribution >= 0.6 is 11.3 Å². The number of nitrogens with zero attached hydrogens (tertiary/aromatic N) is 1. The minimum absolute atomic E-state index is 0.0533. The van der Waals surface area contributed by atoms with Crippen molar-refractivity contribution in [3.8, 4) is 10.6 Å². The second-order valence-corrected chi connectivity index (χ2v) is 7.86. The number of thiophene rings is 1. The molecule has 5 heteroatoms. The van der Waals surface area contributed by atoms with E-state index in [4.69, 9.17) is 0 Å². The molecule has 0 aliphatic heterocycles.